The summed E-state index contributed by atoms with van der Waals surface area (Å²) in [6.45, 7) is 2.03. The summed E-state index contributed by atoms with van der Waals surface area (Å²) in [6, 6.07) is 4.10. The van der Waals surface area contributed by atoms with Gasteiger partial charge >= 0.3 is 0 Å². The van der Waals surface area contributed by atoms with Crippen molar-refractivity contribution in [3.63, 3.8) is 0 Å². The third-order valence-corrected chi connectivity index (χ3v) is 4.69. The van der Waals surface area contributed by atoms with Crippen LogP contribution in [0.3, 0.4) is 0 Å². The number of hydrogen-bond donors (Lipinski definition) is 2. The summed E-state index contributed by atoms with van der Waals surface area (Å²) in [5, 5.41) is 5.05. The zero-order chi connectivity index (χ0) is 13.5. The Kier molecular flexibility index (Phi) is 5.47. The number of thioether (sulfide) groups is 1. The van der Waals surface area contributed by atoms with E-state index in [-0.39, 0.29) is 11.9 Å². The molecule has 1 atom stereocenters. The zero-order valence-corrected chi connectivity index (χ0v) is 12.4. The van der Waals surface area contributed by atoms with Crippen molar-refractivity contribution in [2.45, 2.75) is 25.1 Å². The number of thiophene rings is 1. The van der Waals surface area contributed by atoms with Crippen LogP contribution in [-0.4, -0.2) is 21.6 Å². The van der Waals surface area contributed by atoms with Crippen molar-refractivity contribution in [1.82, 2.24) is 15.3 Å². The second-order valence-electron chi connectivity index (χ2n) is 4.07. The molecule has 2 aromatic heterocycles. The van der Waals surface area contributed by atoms with Gasteiger partial charge in [-0.1, -0.05) is 13.0 Å². The molecule has 0 radical (unpaired) electrons. The van der Waals surface area contributed by atoms with Crippen molar-refractivity contribution in [3.05, 3.63) is 40.6 Å². The Morgan fingerprint density at radius 2 is 2.53 bits per heavy atom. The van der Waals surface area contributed by atoms with E-state index in [0.29, 0.717) is 5.75 Å². The van der Waals surface area contributed by atoms with Crippen LogP contribution in [0.4, 0.5) is 0 Å². The maximum Gasteiger partial charge on any atom is 0.230 e. The van der Waals surface area contributed by atoms with Crippen LogP contribution < -0.4 is 5.32 Å². The minimum absolute atomic E-state index is 0.0233. The van der Waals surface area contributed by atoms with Gasteiger partial charge in [-0.2, -0.15) is 0 Å². The van der Waals surface area contributed by atoms with Crippen molar-refractivity contribution in [1.29, 1.82) is 0 Å². The lowest BCUT2D eigenvalue weighted by Gasteiger charge is -2.14. The van der Waals surface area contributed by atoms with Crippen LogP contribution in [0.25, 0.3) is 0 Å². The first kappa shape index (κ1) is 14.1. The first-order valence-corrected chi connectivity index (χ1v) is 8.21. The van der Waals surface area contributed by atoms with Gasteiger partial charge in [0.1, 0.15) is 5.82 Å². The van der Waals surface area contributed by atoms with E-state index >= 15 is 0 Å². The number of nitrogens with zero attached hydrogens (tertiary/aromatic N) is 1. The lowest BCUT2D eigenvalue weighted by atomic mass is 10.2. The molecule has 0 saturated heterocycles. The van der Waals surface area contributed by atoms with E-state index in [2.05, 4.69) is 26.7 Å². The smallest absolute Gasteiger partial charge is 0.230 e. The number of carbonyl (C=O) groups is 1. The van der Waals surface area contributed by atoms with Crippen molar-refractivity contribution >= 4 is 29.0 Å². The zero-order valence-electron chi connectivity index (χ0n) is 10.8. The van der Waals surface area contributed by atoms with Crippen molar-refractivity contribution in [2.24, 2.45) is 0 Å². The van der Waals surface area contributed by atoms with Crippen molar-refractivity contribution < 1.29 is 4.79 Å². The molecule has 2 rings (SSSR count). The van der Waals surface area contributed by atoms with Gasteiger partial charge in [0.25, 0.3) is 0 Å². The topological polar surface area (TPSA) is 57.8 Å². The summed E-state index contributed by atoms with van der Waals surface area (Å²) in [5.74, 6) is 2.25. The van der Waals surface area contributed by atoms with Crippen LogP contribution in [0.15, 0.2) is 29.9 Å². The molecule has 0 bridgehead atoms. The van der Waals surface area contributed by atoms with Crippen molar-refractivity contribution in [2.75, 3.05) is 5.75 Å². The summed E-state index contributed by atoms with van der Waals surface area (Å²) in [6.07, 6.45) is 4.31. The molecule has 0 spiro atoms. The van der Waals surface area contributed by atoms with Gasteiger partial charge in [0.15, 0.2) is 0 Å². The third-order valence-electron chi connectivity index (χ3n) is 2.65. The number of nitrogens with one attached hydrogen (secondary N) is 2. The predicted octanol–water partition coefficient (Wildman–Crippen LogP) is 2.97. The highest BCUT2D eigenvalue weighted by Crippen LogP contribution is 2.17. The molecule has 6 heteroatoms. The van der Waals surface area contributed by atoms with Gasteiger partial charge < -0.3 is 10.3 Å². The molecule has 2 heterocycles. The van der Waals surface area contributed by atoms with Gasteiger partial charge in [-0.05, 0) is 17.9 Å². The van der Waals surface area contributed by atoms with Gasteiger partial charge in [-0.25, -0.2) is 4.98 Å². The molecule has 102 valence electrons. The van der Waals surface area contributed by atoms with Crippen LogP contribution in [0.5, 0.6) is 0 Å². The molecule has 1 amide bonds. The highest BCUT2D eigenvalue weighted by atomic mass is 32.2. The summed E-state index contributed by atoms with van der Waals surface area (Å²) < 4.78 is 0. The molecule has 0 aliphatic carbocycles. The lowest BCUT2D eigenvalue weighted by Crippen LogP contribution is -2.30. The van der Waals surface area contributed by atoms with Crippen LogP contribution in [0, 0.1) is 0 Å². The fourth-order valence-corrected chi connectivity index (χ4v) is 3.39. The Bertz CT molecular complexity index is 482. The average molecular weight is 295 g/mol. The van der Waals surface area contributed by atoms with E-state index < -0.39 is 0 Å². The Morgan fingerprint density at radius 1 is 1.63 bits per heavy atom. The maximum atomic E-state index is 11.9. The van der Waals surface area contributed by atoms with Crippen LogP contribution in [-0.2, 0) is 10.5 Å². The summed E-state index contributed by atoms with van der Waals surface area (Å²) in [7, 11) is 0. The molecule has 1 unspecified atom stereocenters. The van der Waals surface area contributed by atoms with E-state index in [1.807, 2.05) is 13.0 Å². The summed E-state index contributed by atoms with van der Waals surface area (Å²) >= 11 is 3.36. The molecule has 0 aromatic carbocycles. The van der Waals surface area contributed by atoms with E-state index in [1.165, 1.54) is 4.88 Å². The fraction of sp³-hybridized carbons (Fsp3) is 0.385. The number of H-pyrrole nitrogens is 1. The number of aromatic nitrogens is 2. The largest absolute Gasteiger partial charge is 0.347 e. The molecule has 0 aliphatic heterocycles. The first-order chi connectivity index (χ1) is 9.29. The van der Waals surface area contributed by atoms with Gasteiger partial charge in [-0.3, -0.25) is 4.79 Å². The predicted molar refractivity (Wildman–Crippen MR) is 80.2 cm³/mol. The number of imidazole rings is 1. The highest BCUT2D eigenvalue weighted by Gasteiger charge is 2.14. The monoisotopic (exact) mass is 295 g/mol. The standard InChI is InChI=1S/C13H17N3OS2/c1-2-11(13-14-5-6-15-13)16-12(17)9-18-8-10-4-3-7-19-10/h3-7,11H,2,8-9H2,1H3,(H,14,15)(H,16,17). The number of rotatable bonds is 7. The molecule has 19 heavy (non-hydrogen) atoms. The van der Waals surface area contributed by atoms with Crippen molar-refractivity contribution in [3.8, 4) is 0 Å². The molecule has 0 saturated carbocycles. The second kappa shape index (κ2) is 7.35. The quantitative estimate of drug-likeness (QED) is 0.825. The normalized spacial score (nSPS) is 12.3. The van der Waals surface area contributed by atoms with Gasteiger partial charge in [0.2, 0.25) is 5.91 Å². The second-order valence-corrected chi connectivity index (χ2v) is 6.09. The average Bonchev–Trinajstić information content (AvgIpc) is 3.08. The van der Waals surface area contributed by atoms with Crippen LogP contribution in [0.2, 0.25) is 0 Å². The van der Waals surface area contributed by atoms with Crippen LogP contribution >= 0.6 is 23.1 Å². The van der Waals surface area contributed by atoms with Gasteiger partial charge in [-0.15, -0.1) is 23.1 Å². The molecule has 2 N–H and O–H groups in total. The number of aromatic amines is 1. The fourth-order valence-electron chi connectivity index (χ4n) is 1.71. The summed E-state index contributed by atoms with van der Waals surface area (Å²) in [4.78, 5) is 20.4. The first-order valence-electron chi connectivity index (χ1n) is 6.18. The van der Waals surface area contributed by atoms with E-state index in [9.17, 15) is 4.79 Å². The highest BCUT2D eigenvalue weighted by molar-refractivity contribution is 7.99. The lowest BCUT2D eigenvalue weighted by molar-refractivity contribution is -0.119. The van der Waals surface area contributed by atoms with Crippen LogP contribution in [0.1, 0.15) is 30.1 Å². The maximum absolute atomic E-state index is 11.9. The van der Waals surface area contributed by atoms with Gasteiger partial charge in [0.05, 0.1) is 11.8 Å². The van der Waals surface area contributed by atoms with Gasteiger partial charge in [0, 0.05) is 23.0 Å². The minimum Gasteiger partial charge on any atom is -0.347 e. The van der Waals surface area contributed by atoms with E-state index in [0.717, 1.165) is 18.0 Å². The molecular weight excluding hydrogens is 278 g/mol. The molecule has 4 nitrogen and oxygen atoms in total. The molecule has 0 fully saturated rings. The molecule has 2 aromatic rings. The molecule has 0 aliphatic rings. The Balaban J connectivity index is 1.74. The minimum atomic E-state index is -0.0233. The number of hydrogen-bond acceptors (Lipinski definition) is 4. The number of amides is 1. The summed E-state index contributed by atoms with van der Waals surface area (Å²) in [5.41, 5.74) is 0. The Hall–Kier alpha value is -1.27. The Morgan fingerprint density at radius 3 is 3.16 bits per heavy atom. The van der Waals surface area contributed by atoms with E-state index in [4.69, 9.17) is 0 Å². The third kappa shape index (κ3) is 4.40. The number of carbonyl (C=O) groups excluding carboxylic acids is 1. The van der Waals surface area contributed by atoms with E-state index in [1.54, 1.807) is 35.5 Å². The molecular formula is C13H17N3OS2. The Labute approximate surface area is 121 Å². The SMILES string of the molecule is CCC(NC(=O)CSCc1cccs1)c1ncc[nH]1.